The molecule has 1 heterocycles. The van der Waals surface area contributed by atoms with Crippen LogP contribution >= 0.6 is 43.6 Å². The maximum absolute atomic E-state index is 13.6. The molecule has 1 saturated heterocycles. The third kappa shape index (κ3) is 5.54. The summed E-state index contributed by atoms with van der Waals surface area (Å²) in [6.07, 6.45) is 3.58. The SMILES string of the molecule is C=CCOc1c(Br)cc(/C=C2/SC(=Nc3ccccc3)N([C@H](C)c3ccccc3)C2=O)cc1Br. The standard InChI is InChI=1S/C27H22Br2N2O2S/c1-3-14-33-25-22(28)15-19(16-23(25)29)17-24-26(32)31(18(2)20-10-6-4-7-11-20)27(34-24)30-21-12-8-5-9-13-21/h3-13,15-18H,1,14H2,2H3/b24-17+,30-27?/t18-/m1/s1. The molecule has 0 aliphatic carbocycles. The Morgan fingerprint density at radius 1 is 1.06 bits per heavy atom. The van der Waals surface area contributed by atoms with Crippen molar-refractivity contribution in [1.29, 1.82) is 0 Å². The van der Waals surface area contributed by atoms with Gasteiger partial charge < -0.3 is 4.74 Å². The Morgan fingerprint density at radius 2 is 1.68 bits per heavy atom. The quantitative estimate of drug-likeness (QED) is 0.204. The molecule has 1 aliphatic heterocycles. The maximum Gasteiger partial charge on any atom is 0.267 e. The number of benzene rings is 3. The lowest BCUT2D eigenvalue weighted by Gasteiger charge is -2.24. The predicted octanol–water partition coefficient (Wildman–Crippen LogP) is 8.14. The lowest BCUT2D eigenvalue weighted by Crippen LogP contribution is -2.32. The molecule has 172 valence electrons. The molecule has 0 unspecified atom stereocenters. The number of hydrogen-bond donors (Lipinski definition) is 0. The van der Waals surface area contributed by atoms with Crippen molar-refractivity contribution in [3.63, 3.8) is 0 Å². The van der Waals surface area contributed by atoms with E-state index in [2.05, 4.69) is 38.4 Å². The smallest absolute Gasteiger partial charge is 0.267 e. The first-order chi connectivity index (χ1) is 16.5. The van der Waals surface area contributed by atoms with Gasteiger partial charge in [-0.15, -0.1) is 0 Å². The molecule has 1 atom stereocenters. The summed E-state index contributed by atoms with van der Waals surface area (Å²) >= 11 is 8.52. The van der Waals surface area contributed by atoms with Crippen LogP contribution in [0.5, 0.6) is 5.75 Å². The van der Waals surface area contributed by atoms with Gasteiger partial charge in [-0.3, -0.25) is 9.69 Å². The van der Waals surface area contributed by atoms with Crippen molar-refractivity contribution < 1.29 is 9.53 Å². The van der Waals surface area contributed by atoms with Crippen LogP contribution in [-0.4, -0.2) is 22.6 Å². The first-order valence-electron chi connectivity index (χ1n) is 10.6. The fourth-order valence-corrected chi connectivity index (χ4v) is 6.01. The molecule has 7 heteroatoms. The normalized spacial score (nSPS) is 16.8. The summed E-state index contributed by atoms with van der Waals surface area (Å²) in [6, 6.07) is 23.4. The monoisotopic (exact) mass is 596 g/mol. The lowest BCUT2D eigenvalue weighted by molar-refractivity contribution is -0.123. The number of halogens is 2. The van der Waals surface area contributed by atoms with Crippen molar-refractivity contribution in [3.8, 4) is 5.75 Å². The molecule has 1 fully saturated rings. The number of thioether (sulfide) groups is 1. The van der Waals surface area contributed by atoms with Crippen LogP contribution in [0.2, 0.25) is 0 Å². The number of hydrogen-bond acceptors (Lipinski definition) is 4. The van der Waals surface area contributed by atoms with Crippen LogP contribution in [0, 0.1) is 0 Å². The second-order valence-corrected chi connectivity index (χ2v) is 10.2. The molecule has 4 nitrogen and oxygen atoms in total. The van der Waals surface area contributed by atoms with Crippen LogP contribution in [0.15, 0.2) is 104 Å². The van der Waals surface area contributed by atoms with Gasteiger partial charge in [0.05, 0.1) is 25.6 Å². The molecule has 4 rings (SSSR count). The molecule has 0 spiro atoms. The van der Waals surface area contributed by atoms with Crippen LogP contribution in [0.25, 0.3) is 6.08 Å². The minimum atomic E-state index is -0.164. The Hall–Kier alpha value is -2.61. The molecular weight excluding hydrogens is 576 g/mol. The lowest BCUT2D eigenvalue weighted by atomic mass is 10.1. The highest BCUT2D eigenvalue weighted by Crippen LogP contribution is 2.41. The molecule has 0 bridgehead atoms. The molecule has 1 aliphatic rings. The third-order valence-corrected chi connectivity index (χ3v) is 7.31. The average molecular weight is 598 g/mol. The number of aliphatic imine (C=N–C) groups is 1. The predicted molar refractivity (Wildman–Crippen MR) is 148 cm³/mol. The summed E-state index contributed by atoms with van der Waals surface area (Å²) in [7, 11) is 0. The Kier molecular flexibility index (Phi) is 8.08. The highest BCUT2D eigenvalue weighted by Gasteiger charge is 2.37. The minimum absolute atomic E-state index is 0.0738. The van der Waals surface area contributed by atoms with Gasteiger partial charge in [0.1, 0.15) is 12.4 Å². The number of amides is 1. The number of ether oxygens (including phenoxy) is 1. The molecule has 0 N–H and O–H groups in total. The zero-order valence-corrected chi connectivity index (χ0v) is 22.4. The van der Waals surface area contributed by atoms with Gasteiger partial charge in [0.15, 0.2) is 5.17 Å². The summed E-state index contributed by atoms with van der Waals surface area (Å²) in [6.45, 7) is 6.11. The van der Waals surface area contributed by atoms with E-state index in [9.17, 15) is 4.79 Å². The van der Waals surface area contributed by atoms with E-state index < -0.39 is 0 Å². The molecule has 1 amide bonds. The van der Waals surface area contributed by atoms with Gasteiger partial charge in [0.25, 0.3) is 5.91 Å². The first kappa shape index (κ1) is 24.5. The largest absolute Gasteiger partial charge is 0.487 e. The van der Waals surface area contributed by atoms with Crippen molar-refractivity contribution >= 4 is 66.5 Å². The van der Waals surface area contributed by atoms with E-state index in [1.165, 1.54) is 11.8 Å². The highest BCUT2D eigenvalue weighted by molar-refractivity contribution is 9.11. The fraction of sp³-hybridized carbons (Fsp3) is 0.111. The van der Waals surface area contributed by atoms with Gasteiger partial charge >= 0.3 is 0 Å². The Morgan fingerprint density at radius 3 is 2.29 bits per heavy atom. The van der Waals surface area contributed by atoms with Crippen molar-refractivity contribution in [2.24, 2.45) is 4.99 Å². The molecule has 0 aromatic heterocycles. The van der Waals surface area contributed by atoms with Crippen molar-refractivity contribution in [2.75, 3.05) is 6.61 Å². The number of rotatable bonds is 7. The van der Waals surface area contributed by atoms with E-state index in [-0.39, 0.29) is 11.9 Å². The number of nitrogens with zero attached hydrogens (tertiary/aromatic N) is 2. The van der Waals surface area contributed by atoms with Crippen LogP contribution < -0.4 is 4.74 Å². The van der Waals surface area contributed by atoms with Crippen LogP contribution in [0.4, 0.5) is 5.69 Å². The van der Waals surface area contributed by atoms with Crippen molar-refractivity contribution in [1.82, 2.24) is 4.90 Å². The van der Waals surface area contributed by atoms with Gasteiger partial charge in [-0.2, -0.15) is 0 Å². The van der Waals surface area contributed by atoms with Gasteiger partial charge in [-0.25, -0.2) is 4.99 Å². The van der Waals surface area contributed by atoms with Gasteiger partial charge in [0, 0.05) is 0 Å². The second-order valence-electron chi connectivity index (χ2n) is 7.52. The molecule has 3 aromatic rings. The molecule has 3 aromatic carbocycles. The minimum Gasteiger partial charge on any atom is -0.487 e. The van der Waals surface area contributed by atoms with E-state index in [0.29, 0.717) is 22.4 Å². The summed E-state index contributed by atoms with van der Waals surface area (Å²) in [5, 5.41) is 0.655. The summed E-state index contributed by atoms with van der Waals surface area (Å²) in [5.74, 6) is 0.619. The van der Waals surface area contributed by atoms with E-state index in [1.54, 1.807) is 11.0 Å². The number of carbonyl (C=O) groups excluding carboxylic acids is 1. The number of carbonyl (C=O) groups is 1. The number of para-hydroxylation sites is 1. The maximum atomic E-state index is 13.6. The Balaban J connectivity index is 1.72. The molecule has 0 saturated carbocycles. The van der Waals surface area contributed by atoms with Crippen molar-refractivity contribution in [3.05, 3.63) is 110 Å². The molecule has 34 heavy (non-hydrogen) atoms. The van der Waals surface area contributed by atoms with Gasteiger partial charge in [-0.1, -0.05) is 61.2 Å². The zero-order valence-electron chi connectivity index (χ0n) is 18.4. The third-order valence-electron chi connectivity index (χ3n) is 5.15. The molecular formula is C27H22Br2N2O2S. The second kappa shape index (κ2) is 11.2. The highest BCUT2D eigenvalue weighted by atomic mass is 79.9. The Labute approximate surface area is 220 Å². The van der Waals surface area contributed by atoms with Crippen LogP contribution in [0.1, 0.15) is 24.1 Å². The average Bonchev–Trinajstić information content (AvgIpc) is 3.13. The van der Waals surface area contributed by atoms with E-state index in [0.717, 1.165) is 25.8 Å². The summed E-state index contributed by atoms with van der Waals surface area (Å²) in [5.41, 5.74) is 2.72. The van der Waals surface area contributed by atoms with E-state index in [4.69, 9.17) is 9.73 Å². The van der Waals surface area contributed by atoms with Crippen molar-refractivity contribution in [2.45, 2.75) is 13.0 Å². The first-order valence-corrected chi connectivity index (χ1v) is 13.0. The van der Waals surface area contributed by atoms with Gasteiger partial charge in [-0.05, 0) is 92.0 Å². The summed E-state index contributed by atoms with van der Waals surface area (Å²) in [4.78, 5) is 20.8. The van der Waals surface area contributed by atoms with Gasteiger partial charge in [0.2, 0.25) is 0 Å². The van der Waals surface area contributed by atoms with Crippen LogP contribution in [-0.2, 0) is 4.79 Å². The number of amidine groups is 1. The fourth-order valence-electron chi connectivity index (χ4n) is 3.49. The summed E-state index contributed by atoms with van der Waals surface area (Å²) < 4.78 is 7.29. The Bertz CT molecular complexity index is 1240. The van der Waals surface area contributed by atoms with Crippen LogP contribution in [0.3, 0.4) is 0 Å². The van der Waals surface area contributed by atoms with E-state index in [1.807, 2.05) is 85.8 Å². The molecule has 0 radical (unpaired) electrons. The van der Waals surface area contributed by atoms with E-state index >= 15 is 0 Å². The topological polar surface area (TPSA) is 41.9 Å². The zero-order chi connectivity index (χ0) is 24.1.